The lowest BCUT2D eigenvalue weighted by Gasteiger charge is -2.16. The monoisotopic (exact) mass is 275 g/mol. The fourth-order valence-corrected chi connectivity index (χ4v) is 2.44. The van der Waals surface area contributed by atoms with Crippen LogP contribution in [0.5, 0.6) is 5.75 Å². The third-order valence-corrected chi connectivity index (χ3v) is 3.55. The van der Waals surface area contributed by atoms with Crippen LogP contribution < -0.4 is 15.4 Å². The number of para-hydroxylation sites is 1. The van der Waals surface area contributed by atoms with E-state index in [1.807, 2.05) is 37.4 Å². The van der Waals surface area contributed by atoms with E-state index >= 15 is 0 Å². The molecule has 1 aliphatic carbocycles. The predicted molar refractivity (Wildman–Crippen MR) is 83.3 cm³/mol. The minimum atomic E-state index is 0.599. The summed E-state index contributed by atoms with van der Waals surface area (Å²) in [7, 11) is 1.82. The first-order valence-corrected chi connectivity index (χ1v) is 7.53. The zero-order chi connectivity index (χ0) is 14.0. The Labute approximate surface area is 121 Å². The summed E-state index contributed by atoms with van der Waals surface area (Å²) >= 11 is 0. The van der Waals surface area contributed by atoms with Crippen LogP contribution in [-0.4, -0.2) is 32.2 Å². The van der Waals surface area contributed by atoms with Gasteiger partial charge in [-0.05, 0) is 31.4 Å². The van der Waals surface area contributed by atoms with Gasteiger partial charge in [0.05, 0.1) is 6.61 Å². The van der Waals surface area contributed by atoms with E-state index in [0.717, 1.165) is 31.3 Å². The molecule has 1 aromatic rings. The molecule has 0 bridgehead atoms. The molecule has 0 unspecified atom stereocenters. The summed E-state index contributed by atoms with van der Waals surface area (Å²) in [6.07, 6.45) is 6.15. The van der Waals surface area contributed by atoms with Crippen molar-refractivity contribution in [3.05, 3.63) is 30.3 Å². The molecule has 0 saturated heterocycles. The van der Waals surface area contributed by atoms with Crippen molar-refractivity contribution in [2.24, 2.45) is 4.99 Å². The highest BCUT2D eigenvalue weighted by atomic mass is 16.5. The number of hydrogen-bond donors (Lipinski definition) is 2. The molecule has 0 heterocycles. The van der Waals surface area contributed by atoms with E-state index in [0.29, 0.717) is 6.04 Å². The summed E-state index contributed by atoms with van der Waals surface area (Å²) < 4.78 is 5.65. The van der Waals surface area contributed by atoms with Crippen molar-refractivity contribution in [1.82, 2.24) is 10.6 Å². The summed E-state index contributed by atoms with van der Waals surface area (Å²) in [6, 6.07) is 10.5. The third-order valence-electron chi connectivity index (χ3n) is 3.55. The van der Waals surface area contributed by atoms with Gasteiger partial charge < -0.3 is 15.4 Å². The fraction of sp³-hybridized carbons (Fsp3) is 0.562. The maximum Gasteiger partial charge on any atom is 0.191 e. The van der Waals surface area contributed by atoms with Gasteiger partial charge in [0.2, 0.25) is 0 Å². The van der Waals surface area contributed by atoms with Crippen LogP contribution >= 0.6 is 0 Å². The first-order valence-electron chi connectivity index (χ1n) is 7.53. The number of hydrogen-bond acceptors (Lipinski definition) is 2. The molecule has 4 nitrogen and oxygen atoms in total. The van der Waals surface area contributed by atoms with Crippen LogP contribution in [-0.2, 0) is 0 Å². The van der Waals surface area contributed by atoms with E-state index in [9.17, 15) is 0 Å². The molecule has 0 radical (unpaired) electrons. The van der Waals surface area contributed by atoms with Crippen LogP contribution in [0.15, 0.2) is 35.3 Å². The lowest BCUT2D eigenvalue weighted by molar-refractivity contribution is 0.311. The SMILES string of the molecule is CN=C(NCCCOc1ccccc1)NC1CCCC1. The summed E-state index contributed by atoms with van der Waals surface area (Å²) in [5, 5.41) is 6.81. The molecule has 4 heteroatoms. The van der Waals surface area contributed by atoms with Gasteiger partial charge in [-0.3, -0.25) is 4.99 Å². The van der Waals surface area contributed by atoms with Gasteiger partial charge in [0.15, 0.2) is 5.96 Å². The molecular weight excluding hydrogens is 250 g/mol. The maximum atomic E-state index is 5.65. The molecule has 0 spiro atoms. The highest BCUT2D eigenvalue weighted by Gasteiger charge is 2.15. The number of nitrogens with zero attached hydrogens (tertiary/aromatic N) is 1. The third kappa shape index (κ3) is 5.11. The number of guanidine groups is 1. The predicted octanol–water partition coefficient (Wildman–Crippen LogP) is 2.56. The topological polar surface area (TPSA) is 45.7 Å². The zero-order valence-corrected chi connectivity index (χ0v) is 12.3. The summed E-state index contributed by atoms with van der Waals surface area (Å²) in [5.74, 6) is 1.84. The van der Waals surface area contributed by atoms with E-state index in [1.54, 1.807) is 0 Å². The standard InChI is InChI=1S/C16H25N3O/c1-17-16(19-14-8-5-6-9-14)18-12-7-13-20-15-10-3-2-4-11-15/h2-4,10-11,14H,5-9,12-13H2,1H3,(H2,17,18,19). The van der Waals surface area contributed by atoms with Crippen LogP contribution in [0.3, 0.4) is 0 Å². The number of nitrogens with one attached hydrogen (secondary N) is 2. The van der Waals surface area contributed by atoms with Crippen molar-refractivity contribution in [1.29, 1.82) is 0 Å². The van der Waals surface area contributed by atoms with Crippen molar-refractivity contribution in [3.63, 3.8) is 0 Å². The molecular formula is C16H25N3O. The number of ether oxygens (including phenoxy) is 1. The first kappa shape index (κ1) is 14.7. The Bertz CT molecular complexity index is 399. The maximum absolute atomic E-state index is 5.65. The first-order chi connectivity index (χ1) is 9.88. The van der Waals surface area contributed by atoms with Crippen molar-refractivity contribution in [2.45, 2.75) is 38.1 Å². The second-order valence-corrected chi connectivity index (χ2v) is 5.14. The molecule has 0 amide bonds. The molecule has 2 N–H and O–H groups in total. The van der Waals surface area contributed by atoms with E-state index in [4.69, 9.17) is 4.74 Å². The summed E-state index contributed by atoms with van der Waals surface area (Å²) in [6.45, 7) is 1.59. The van der Waals surface area contributed by atoms with Gasteiger partial charge in [0.1, 0.15) is 5.75 Å². The van der Waals surface area contributed by atoms with E-state index < -0.39 is 0 Å². The summed E-state index contributed by atoms with van der Waals surface area (Å²) in [4.78, 5) is 4.26. The second kappa shape index (κ2) is 8.46. The molecule has 1 fully saturated rings. The van der Waals surface area contributed by atoms with Crippen molar-refractivity contribution in [3.8, 4) is 5.75 Å². The van der Waals surface area contributed by atoms with Gasteiger partial charge in [-0.25, -0.2) is 0 Å². The minimum Gasteiger partial charge on any atom is -0.494 e. The Kier molecular flexibility index (Phi) is 6.21. The van der Waals surface area contributed by atoms with Gasteiger partial charge in [0, 0.05) is 19.6 Å². The van der Waals surface area contributed by atoms with Gasteiger partial charge in [-0.1, -0.05) is 31.0 Å². The van der Waals surface area contributed by atoms with Crippen molar-refractivity contribution in [2.75, 3.05) is 20.2 Å². The van der Waals surface area contributed by atoms with E-state index in [1.165, 1.54) is 25.7 Å². The zero-order valence-electron chi connectivity index (χ0n) is 12.3. The molecule has 20 heavy (non-hydrogen) atoms. The number of aliphatic imine (C=N–C) groups is 1. The van der Waals surface area contributed by atoms with Crippen molar-refractivity contribution < 1.29 is 4.74 Å². The fourth-order valence-electron chi connectivity index (χ4n) is 2.44. The minimum absolute atomic E-state index is 0.599. The van der Waals surface area contributed by atoms with Gasteiger partial charge in [-0.2, -0.15) is 0 Å². The molecule has 2 rings (SSSR count). The largest absolute Gasteiger partial charge is 0.494 e. The second-order valence-electron chi connectivity index (χ2n) is 5.14. The highest BCUT2D eigenvalue weighted by Crippen LogP contribution is 2.17. The van der Waals surface area contributed by atoms with Crippen molar-refractivity contribution >= 4 is 5.96 Å². The normalized spacial score (nSPS) is 16.1. The molecule has 0 aliphatic heterocycles. The van der Waals surface area contributed by atoms with Gasteiger partial charge >= 0.3 is 0 Å². The van der Waals surface area contributed by atoms with Crippen LogP contribution in [0.2, 0.25) is 0 Å². The van der Waals surface area contributed by atoms with Gasteiger partial charge in [-0.15, -0.1) is 0 Å². The Hall–Kier alpha value is -1.71. The lowest BCUT2D eigenvalue weighted by atomic mass is 10.2. The molecule has 1 aliphatic rings. The molecule has 1 aromatic carbocycles. The lowest BCUT2D eigenvalue weighted by Crippen LogP contribution is -2.42. The van der Waals surface area contributed by atoms with E-state index in [2.05, 4.69) is 15.6 Å². The number of benzene rings is 1. The van der Waals surface area contributed by atoms with E-state index in [-0.39, 0.29) is 0 Å². The Balaban J connectivity index is 1.57. The van der Waals surface area contributed by atoms with Crippen LogP contribution in [0, 0.1) is 0 Å². The highest BCUT2D eigenvalue weighted by molar-refractivity contribution is 5.79. The smallest absolute Gasteiger partial charge is 0.191 e. The Morgan fingerprint density at radius 1 is 1.25 bits per heavy atom. The van der Waals surface area contributed by atoms with Gasteiger partial charge in [0.25, 0.3) is 0 Å². The Morgan fingerprint density at radius 3 is 2.70 bits per heavy atom. The molecule has 1 saturated carbocycles. The molecule has 0 aromatic heterocycles. The molecule has 0 atom stereocenters. The quantitative estimate of drug-likeness (QED) is 0.476. The summed E-state index contributed by atoms with van der Waals surface area (Å²) in [5.41, 5.74) is 0. The van der Waals surface area contributed by atoms with Crippen LogP contribution in [0.1, 0.15) is 32.1 Å². The van der Waals surface area contributed by atoms with Crippen LogP contribution in [0.4, 0.5) is 0 Å². The Morgan fingerprint density at radius 2 is 2.00 bits per heavy atom. The average Bonchev–Trinajstić information content (AvgIpc) is 3.00. The average molecular weight is 275 g/mol. The van der Waals surface area contributed by atoms with Crippen LogP contribution in [0.25, 0.3) is 0 Å². The number of rotatable bonds is 6. The molecule has 110 valence electrons.